The fourth-order valence-electron chi connectivity index (χ4n) is 3.33. The first kappa shape index (κ1) is 16.6. The van der Waals surface area contributed by atoms with E-state index in [1.54, 1.807) is 0 Å². The number of hydrogen-bond acceptors (Lipinski definition) is 3. The Kier molecular flexibility index (Phi) is 8.01. The van der Waals surface area contributed by atoms with Crippen LogP contribution in [0.5, 0.6) is 0 Å². The van der Waals surface area contributed by atoms with E-state index in [1.165, 1.54) is 57.5 Å². The summed E-state index contributed by atoms with van der Waals surface area (Å²) in [5.41, 5.74) is 0. The maximum absolute atomic E-state index is 3.46. The SMILES string of the molecule is CCSC1CCC(N(C)CC2CCNCC2)C1.Cl. The third-order valence-corrected chi connectivity index (χ3v) is 5.62. The standard InChI is InChI=1S/C14H28N2S.ClH/c1-3-17-14-5-4-13(10-14)16(2)11-12-6-8-15-9-7-12;/h12-15H,3-11H2,1-2H3;1H. The molecule has 1 aliphatic carbocycles. The Labute approximate surface area is 123 Å². The number of nitrogens with one attached hydrogen (secondary N) is 1. The van der Waals surface area contributed by atoms with Crippen LogP contribution in [0.25, 0.3) is 0 Å². The van der Waals surface area contributed by atoms with Crippen LogP contribution in [0.1, 0.15) is 39.0 Å². The lowest BCUT2D eigenvalue weighted by atomic mass is 9.97. The highest BCUT2D eigenvalue weighted by molar-refractivity contribution is 7.99. The molecule has 1 N–H and O–H groups in total. The van der Waals surface area contributed by atoms with Crippen molar-refractivity contribution in [2.45, 2.75) is 50.3 Å². The summed E-state index contributed by atoms with van der Waals surface area (Å²) < 4.78 is 0. The lowest BCUT2D eigenvalue weighted by Gasteiger charge is -2.31. The summed E-state index contributed by atoms with van der Waals surface area (Å²) in [5.74, 6) is 2.23. The molecule has 2 rings (SSSR count). The largest absolute Gasteiger partial charge is 0.317 e. The molecule has 18 heavy (non-hydrogen) atoms. The lowest BCUT2D eigenvalue weighted by molar-refractivity contribution is 0.188. The van der Waals surface area contributed by atoms with E-state index in [0.717, 1.165) is 17.2 Å². The average molecular weight is 293 g/mol. The van der Waals surface area contributed by atoms with Gasteiger partial charge in [0.15, 0.2) is 0 Å². The van der Waals surface area contributed by atoms with Crippen LogP contribution >= 0.6 is 24.2 Å². The van der Waals surface area contributed by atoms with Gasteiger partial charge in [0.05, 0.1) is 0 Å². The van der Waals surface area contributed by atoms with Crippen molar-refractivity contribution in [2.75, 3.05) is 32.4 Å². The Morgan fingerprint density at radius 1 is 1.17 bits per heavy atom. The van der Waals surface area contributed by atoms with Crippen molar-refractivity contribution in [3.63, 3.8) is 0 Å². The van der Waals surface area contributed by atoms with Gasteiger partial charge in [-0.3, -0.25) is 0 Å². The molecule has 0 aromatic carbocycles. The van der Waals surface area contributed by atoms with E-state index < -0.39 is 0 Å². The molecule has 0 aromatic rings. The molecule has 1 aliphatic heterocycles. The zero-order valence-corrected chi connectivity index (χ0v) is 13.5. The van der Waals surface area contributed by atoms with Crippen molar-refractivity contribution < 1.29 is 0 Å². The summed E-state index contributed by atoms with van der Waals surface area (Å²) in [6, 6.07) is 0.869. The number of piperidine rings is 1. The van der Waals surface area contributed by atoms with E-state index in [9.17, 15) is 0 Å². The monoisotopic (exact) mass is 292 g/mol. The van der Waals surface area contributed by atoms with Crippen molar-refractivity contribution in [3.8, 4) is 0 Å². The number of thioether (sulfide) groups is 1. The van der Waals surface area contributed by atoms with Gasteiger partial charge in [0.25, 0.3) is 0 Å². The maximum atomic E-state index is 3.46. The third kappa shape index (κ3) is 4.92. The van der Waals surface area contributed by atoms with Crippen LogP contribution in [0.15, 0.2) is 0 Å². The number of halogens is 1. The molecule has 0 amide bonds. The normalized spacial score (nSPS) is 29.5. The summed E-state index contributed by atoms with van der Waals surface area (Å²) in [6.07, 6.45) is 7.06. The first-order valence-electron chi connectivity index (χ1n) is 7.32. The van der Waals surface area contributed by atoms with Crippen LogP contribution in [0.2, 0.25) is 0 Å². The molecule has 4 heteroatoms. The molecule has 1 heterocycles. The van der Waals surface area contributed by atoms with Gasteiger partial charge in [-0.25, -0.2) is 0 Å². The molecule has 2 fully saturated rings. The van der Waals surface area contributed by atoms with Gasteiger partial charge >= 0.3 is 0 Å². The van der Waals surface area contributed by atoms with Crippen LogP contribution in [0.3, 0.4) is 0 Å². The quantitative estimate of drug-likeness (QED) is 0.839. The molecule has 1 saturated carbocycles. The Bertz CT molecular complexity index is 222. The van der Waals surface area contributed by atoms with Gasteiger partial charge in [0.2, 0.25) is 0 Å². The Morgan fingerprint density at radius 2 is 1.89 bits per heavy atom. The second-order valence-electron chi connectivity index (χ2n) is 5.68. The second-order valence-corrected chi connectivity index (χ2v) is 7.25. The van der Waals surface area contributed by atoms with Gasteiger partial charge in [-0.2, -0.15) is 11.8 Å². The summed E-state index contributed by atoms with van der Waals surface area (Å²) in [5, 5.41) is 4.40. The van der Waals surface area contributed by atoms with Crippen LogP contribution in [0, 0.1) is 5.92 Å². The minimum absolute atomic E-state index is 0. The van der Waals surface area contributed by atoms with Crippen molar-refractivity contribution in [3.05, 3.63) is 0 Å². The number of nitrogens with zero attached hydrogens (tertiary/aromatic N) is 1. The number of hydrogen-bond donors (Lipinski definition) is 1. The Balaban J connectivity index is 0.00000162. The van der Waals surface area contributed by atoms with E-state index in [1.807, 2.05) is 0 Å². The fourth-order valence-corrected chi connectivity index (χ4v) is 4.46. The molecular weight excluding hydrogens is 264 g/mol. The molecule has 0 bridgehead atoms. The molecule has 1 saturated heterocycles. The zero-order valence-electron chi connectivity index (χ0n) is 11.9. The molecule has 2 unspecified atom stereocenters. The van der Waals surface area contributed by atoms with Gasteiger partial charge in [-0.05, 0) is 63.9 Å². The Morgan fingerprint density at radius 3 is 2.56 bits per heavy atom. The molecule has 2 atom stereocenters. The summed E-state index contributed by atoms with van der Waals surface area (Å²) in [7, 11) is 2.35. The molecule has 0 radical (unpaired) electrons. The molecular formula is C14H29ClN2S. The predicted molar refractivity (Wildman–Crippen MR) is 85.0 cm³/mol. The molecule has 0 spiro atoms. The molecule has 2 aliphatic rings. The maximum Gasteiger partial charge on any atom is 0.0103 e. The molecule has 0 aromatic heterocycles. The minimum atomic E-state index is 0. The van der Waals surface area contributed by atoms with Gasteiger partial charge in [-0.15, -0.1) is 12.4 Å². The van der Waals surface area contributed by atoms with E-state index in [2.05, 4.69) is 35.9 Å². The van der Waals surface area contributed by atoms with E-state index in [4.69, 9.17) is 0 Å². The Hall–Kier alpha value is 0.560. The second kappa shape index (κ2) is 8.68. The highest BCUT2D eigenvalue weighted by Crippen LogP contribution is 2.32. The zero-order chi connectivity index (χ0) is 12.1. The minimum Gasteiger partial charge on any atom is -0.317 e. The molecule has 108 valence electrons. The summed E-state index contributed by atoms with van der Waals surface area (Å²) >= 11 is 2.17. The van der Waals surface area contributed by atoms with Crippen LogP contribution in [-0.4, -0.2) is 48.6 Å². The summed E-state index contributed by atoms with van der Waals surface area (Å²) in [6.45, 7) is 6.08. The summed E-state index contributed by atoms with van der Waals surface area (Å²) in [4.78, 5) is 2.66. The van der Waals surface area contributed by atoms with Crippen molar-refractivity contribution in [2.24, 2.45) is 5.92 Å². The topological polar surface area (TPSA) is 15.3 Å². The smallest absolute Gasteiger partial charge is 0.0103 e. The molecule has 2 nitrogen and oxygen atoms in total. The van der Waals surface area contributed by atoms with E-state index >= 15 is 0 Å². The first-order valence-corrected chi connectivity index (χ1v) is 8.37. The fraction of sp³-hybridized carbons (Fsp3) is 1.00. The highest BCUT2D eigenvalue weighted by atomic mass is 35.5. The van der Waals surface area contributed by atoms with E-state index in [-0.39, 0.29) is 12.4 Å². The first-order chi connectivity index (χ1) is 8.29. The average Bonchev–Trinajstić information content (AvgIpc) is 2.79. The highest BCUT2D eigenvalue weighted by Gasteiger charge is 2.28. The lowest BCUT2D eigenvalue weighted by Crippen LogP contribution is -2.38. The van der Waals surface area contributed by atoms with Gasteiger partial charge in [0.1, 0.15) is 0 Å². The van der Waals surface area contributed by atoms with Gasteiger partial charge in [-0.1, -0.05) is 6.92 Å². The van der Waals surface area contributed by atoms with Crippen molar-refractivity contribution in [1.82, 2.24) is 10.2 Å². The van der Waals surface area contributed by atoms with Gasteiger partial charge in [0, 0.05) is 17.8 Å². The number of rotatable bonds is 5. The van der Waals surface area contributed by atoms with Crippen molar-refractivity contribution in [1.29, 1.82) is 0 Å². The van der Waals surface area contributed by atoms with Crippen LogP contribution in [0.4, 0.5) is 0 Å². The van der Waals surface area contributed by atoms with Crippen LogP contribution in [-0.2, 0) is 0 Å². The van der Waals surface area contributed by atoms with E-state index in [0.29, 0.717) is 0 Å². The van der Waals surface area contributed by atoms with Crippen LogP contribution < -0.4 is 5.32 Å². The van der Waals surface area contributed by atoms with Gasteiger partial charge < -0.3 is 10.2 Å². The predicted octanol–water partition coefficient (Wildman–Crippen LogP) is 3.01. The third-order valence-electron chi connectivity index (χ3n) is 4.39. The van der Waals surface area contributed by atoms with Crippen molar-refractivity contribution >= 4 is 24.2 Å².